The highest BCUT2D eigenvalue weighted by Gasteiger charge is 2.12. The van der Waals surface area contributed by atoms with Gasteiger partial charge in [-0.1, -0.05) is 11.6 Å². The van der Waals surface area contributed by atoms with Gasteiger partial charge in [0.15, 0.2) is 5.82 Å². The first-order valence-electron chi connectivity index (χ1n) is 3.28. The van der Waals surface area contributed by atoms with Crippen molar-refractivity contribution >= 4 is 28.7 Å². The van der Waals surface area contributed by atoms with Crippen LogP contribution in [0.25, 0.3) is 0 Å². The number of anilines is 3. The van der Waals surface area contributed by atoms with E-state index in [4.69, 9.17) is 23.1 Å². The third kappa shape index (κ3) is 1.25. The van der Waals surface area contributed by atoms with Crippen LogP contribution < -0.4 is 16.8 Å². The minimum absolute atomic E-state index is 0.103. The maximum absolute atomic E-state index is 13.2. The molecule has 3 nitrogen and oxygen atoms in total. The second-order valence-corrected chi connectivity index (χ2v) is 2.69. The number of hydrogen-bond donors (Lipinski definition) is 3. The molecule has 0 aliphatic rings. The van der Waals surface area contributed by atoms with Gasteiger partial charge in [-0.25, -0.2) is 4.39 Å². The second-order valence-electron chi connectivity index (χ2n) is 2.31. The van der Waals surface area contributed by atoms with E-state index in [-0.39, 0.29) is 22.1 Å². The average Bonchev–Trinajstić information content (AvgIpc) is 2.01. The molecule has 0 radical (unpaired) electrons. The molecule has 0 spiro atoms. The van der Waals surface area contributed by atoms with Crippen LogP contribution in [0.2, 0.25) is 5.02 Å². The Labute approximate surface area is 74.5 Å². The van der Waals surface area contributed by atoms with Crippen LogP contribution in [0.1, 0.15) is 0 Å². The average molecular weight is 190 g/mol. The molecule has 0 amide bonds. The summed E-state index contributed by atoms with van der Waals surface area (Å²) in [5.74, 6) is -0.614. The zero-order chi connectivity index (χ0) is 9.30. The van der Waals surface area contributed by atoms with Crippen LogP contribution in [-0.2, 0) is 0 Å². The third-order valence-corrected chi connectivity index (χ3v) is 1.90. The minimum atomic E-state index is -0.614. The van der Waals surface area contributed by atoms with Crippen LogP contribution in [0, 0.1) is 5.82 Å². The highest BCUT2D eigenvalue weighted by atomic mass is 35.5. The van der Waals surface area contributed by atoms with Crippen molar-refractivity contribution in [1.29, 1.82) is 0 Å². The quantitative estimate of drug-likeness (QED) is 0.589. The smallest absolute Gasteiger partial charge is 0.169 e. The number of benzene rings is 1. The number of rotatable bonds is 1. The fourth-order valence-electron chi connectivity index (χ4n) is 0.920. The van der Waals surface area contributed by atoms with Crippen LogP contribution in [0.15, 0.2) is 6.07 Å². The Bertz CT molecular complexity index is 314. The van der Waals surface area contributed by atoms with E-state index in [1.54, 1.807) is 7.05 Å². The zero-order valence-corrected chi connectivity index (χ0v) is 7.24. The molecule has 0 aliphatic carbocycles. The molecule has 0 saturated heterocycles. The summed E-state index contributed by atoms with van der Waals surface area (Å²) in [6.45, 7) is 0. The van der Waals surface area contributed by atoms with Crippen LogP contribution in [-0.4, -0.2) is 7.05 Å². The second kappa shape index (κ2) is 3.06. The molecule has 5 heteroatoms. The molecular formula is C7H9ClFN3. The van der Waals surface area contributed by atoms with Gasteiger partial charge >= 0.3 is 0 Å². The summed E-state index contributed by atoms with van der Waals surface area (Å²) < 4.78 is 13.2. The van der Waals surface area contributed by atoms with Crippen molar-refractivity contribution in [2.45, 2.75) is 0 Å². The summed E-state index contributed by atoms with van der Waals surface area (Å²) in [5.41, 5.74) is 11.4. The molecule has 0 bridgehead atoms. The summed E-state index contributed by atoms with van der Waals surface area (Å²) in [7, 11) is 1.56. The molecule has 1 aromatic rings. The van der Waals surface area contributed by atoms with Crippen molar-refractivity contribution in [3.05, 3.63) is 16.9 Å². The maximum atomic E-state index is 13.2. The molecule has 66 valence electrons. The van der Waals surface area contributed by atoms with Gasteiger partial charge in [0, 0.05) is 7.05 Å². The first-order chi connectivity index (χ1) is 5.57. The van der Waals surface area contributed by atoms with Crippen molar-refractivity contribution in [3.63, 3.8) is 0 Å². The molecular weight excluding hydrogens is 181 g/mol. The largest absolute Gasteiger partial charge is 0.397 e. The number of nitrogens with one attached hydrogen (secondary N) is 1. The van der Waals surface area contributed by atoms with Crippen LogP contribution >= 0.6 is 11.6 Å². The Kier molecular flexibility index (Phi) is 2.28. The van der Waals surface area contributed by atoms with E-state index in [9.17, 15) is 4.39 Å². The van der Waals surface area contributed by atoms with E-state index in [1.165, 1.54) is 6.07 Å². The van der Waals surface area contributed by atoms with Gasteiger partial charge in [0.25, 0.3) is 0 Å². The van der Waals surface area contributed by atoms with Crippen LogP contribution in [0.4, 0.5) is 21.5 Å². The Morgan fingerprint density at radius 3 is 2.50 bits per heavy atom. The summed E-state index contributed by atoms with van der Waals surface area (Å²) >= 11 is 5.54. The van der Waals surface area contributed by atoms with E-state index in [2.05, 4.69) is 5.32 Å². The first kappa shape index (κ1) is 8.93. The maximum Gasteiger partial charge on any atom is 0.169 e. The number of hydrogen-bond acceptors (Lipinski definition) is 3. The topological polar surface area (TPSA) is 64.1 Å². The molecule has 1 rings (SSSR count). The van der Waals surface area contributed by atoms with Gasteiger partial charge in [-0.15, -0.1) is 0 Å². The predicted molar refractivity (Wildman–Crippen MR) is 49.8 cm³/mol. The van der Waals surface area contributed by atoms with Gasteiger partial charge in [0.2, 0.25) is 0 Å². The van der Waals surface area contributed by atoms with E-state index in [1.807, 2.05) is 0 Å². The molecule has 0 aromatic heterocycles. The number of nitrogens with two attached hydrogens (primary N) is 2. The van der Waals surface area contributed by atoms with Gasteiger partial charge < -0.3 is 16.8 Å². The number of halogens is 2. The van der Waals surface area contributed by atoms with Crippen molar-refractivity contribution in [2.75, 3.05) is 23.8 Å². The highest BCUT2D eigenvalue weighted by molar-refractivity contribution is 6.33. The standard InChI is InChI=1S/C7H9ClFN3/c1-12-7-4(11)2-3(10)5(8)6(7)9/h2,12H,10-11H2,1H3. The summed E-state index contributed by atoms with van der Waals surface area (Å²) in [6.07, 6.45) is 0. The Morgan fingerprint density at radius 1 is 1.42 bits per heavy atom. The Hall–Kier alpha value is -1.16. The zero-order valence-electron chi connectivity index (χ0n) is 6.49. The molecule has 0 aliphatic heterocycles. The normalized spacial score (nSPS) is 9.92. The Balaban J connectivity index is 3.40. The van der Waals surface area contributed by atoms with Crippen LogP contribution in [0.5, 0.6) is 0 Å². The molecule has 0 unspecified atom stereocenters. The van der Waals surface area contributed by atoms with Crippen molar-refractivity contribution in [3.8, 4) is 0 Å². The molecule has 0 saturated carbocycles. The van der Waals surface area contributed by atoms with E-state index in [0.29, 0.717) is 0 Å². The number of nitrogen functional groups attached to an aromatic ring is 2. The summed E-state index contributed by atoms with van der Waals surface area (Å²) in [6, 6.07) is 1.41. The fourth-order valence-corrected chi connectivity index (χ4v) is 1.07. The molecule has 0 fully saturated rings. The van der Waals surface area contributed by atoms with Gasteiger partial charge in [-0.05, 0) is 6.07 Å². The molecule has 5 N–H and O–H groups in total. The lowest BCUT2D eigenvalue weighted by Crippen LogP contribution is -2.02. The monoisotopic (exact) mass is 189 g/mol. The first-order valence-corrected chi connectivity index (χ1v) is 3.66. The summed E-state index contributed by atoms with van der Waals surface area (Å²) in [4.78, 5) is 0. The van der Waals surface area contributed by atoms with Gasteiger partial charge in [0.1, 0.15) is 5.02 Å². The molecule has 1 aromatic carbocycles. The summed E-state index contributed by atoms with van der Waals surface area (Å²) in [5, 5.41) is 2.49. The van der Waals surface area contributed by atoms with Gasteiger partial charge in [0.05, 0.1) is 17.1 Å². The van der Waals surface area contributed by atoms with Crippen molar-refractivity contribution < 1.29 is 4.39 Å². The minimum Gasteiger partial charge on any atom is -0.397 e. The Morgan fingerprint density at radius 2 is 2.00 bits per heavy atom. The SMILES string of the molecule is CNc1c(N)cc(N)c(Cl)c1F. The van der Waals surface area contributed by atoms with Gasteiger partial charge in [-0.3, -0.25) is 0 Å². The fraction of sp³-hybridized carbons (Fsp3) is 0.143. The predicted octanol–water partition coefficient (Wildman–Crippen LogP) is 1.69. The molecule has 0 atom stereocenters. The van der Waals surface area contributed by atoms with Crippen molar-refractivity contribution in [2.24, 2.45) is 0 Å². The highest BCUT2D eigenvalue weighted by Crippen LogP contribution is 2.32. The van der Waals surface area contributed by atoms with E-state index in [0.717, 1.165) is 0 Å². The van der Waals surface area contributed by atoms with Crippen LogP contribution in [0.3, 0.4) is 0 Å². The lowest BCUT2D eigenvalue weighted by atomic mass is 10.2. The van der Waals surface area contributed by atoms with E-state index >= 15 is 0 Å². The van der Waals surface area contributed by atoms with E-state index < -0.39 is 5.82 Å². The van der Waals surface area contributed by atoms with Crippen molar-refractivity contribution in [1.82, 2.24) is 0 Å². The van der Waals surface area contributed by atoms with Gasteiger partial charge in [-0.2, -0.15) is 0 Å². The molecule has 0 heterocycles. The molecule has 12 heavy (non-hydrogen) atoms. The third-order valence-electron chi connectivity index (χ3n) is 1.52. The lowest BCUT2D eigenvalue weighted by Gasteiger charge is -2.09. The lowest BCUT2D eigenvalue weighted by molar-refractivity contribution is 0.633.